The number of benzene rings is 4. The maximum absolute atomic E-state index is 15.1. The van der Waals surface area contributed by atoms with Crippen LogP contribution in [0.25, 0.3) is 28.1 Å². The molecule has 0 spiro atoms. The van der Waals surface area contributed by atoms with Crippen LogP contribution in [0.4, 0.5) is 48.3 Å². The third-order valence-corrected chi connectivity index (χ3v) is 6.81. The van der Waals surface area contributed by atoms with Crippen molar-refractivity contribution in [2.45, 2.75) is 44.9 Å². The van der Waals surface area contributed by atoms with Crippen molar-refractivity contribution in [3.63, 3.8) is 0 Å². The van der Waals surface area contributed by atoms with E-state index in [4.69, 9.17) is 0 Å². The second kappa shape index (κ2) is 13.3. The van der Waals surface area contributed by atoms with Crippen LogP contribution in [0, 0.1) is 23.3 Å². The number of unbranched alkanes of at least 4 members (excludes halogenated alkanes) is 2. The summed E-state index contributed by atoms with van der Waals surface area (Å²) in [6.07, 6.45) is -7.70. The molecule has 0 aliphatic rings. The van der Waals surface area contributed by atoms with Crippen molar-refractivity contribution in [3.05, 3.63) is 119 Å². The topological polar surface area (TPSA) is 9.23 Å². The Kier molecular flexibility index (Phi) is 9.94. The lowest BCUT2D eigenvalue weighted by molar-refractivity contribution is -0.185. The zero-order valence-electron chi connectivity index (χ0n) is 23.3. The molecule has 4 rings (SSSR count). The minimum Gasteiger partial charge on any atom is -0.429 e. The van der Waals surface area contributed by atoms with Crippen LogP contribution in [0.3, 0.4) is 0 Å². The Bertz CT molecular complexity index is 1640. The molecule has 4 aromatic carbocycles. The van der Waals surface area contributed by atoms with Gasteiger partial charge >= 0.3 is 12.3 Å². The molecule has 0 heterocycles. The zero-order valence-corrected chi connectivity index (χ0v) is 23.3. The Morgan fingerprint density at radius 3 is 1.69 bits per heavy atom. The van der Waals surface area contributed by atoms with Crippen molar-refractivity contribution in [2.75, 3.05) is 0 Å². The summed E-state index contributed by atoms with van der Waals surface area (Å²) in [6.45, 7) is 1.93. The normalized spacial score (nSPS) is 12.7. The van der Waals surface area contributed by atoms with Gasteiger partial charge in [-0.05, 0) is 47.4 Å². The van der Waals surface area contributed by atoms with Crippen molar-refractivity contribution in [2.24, 2.45) is 0 Å². The number of rotatable bonds is 10. The molecule has 0 saturated carbocycles. The zero-order chi connectivity index (χ0) is 33.1. The average molecular weight is 645 g/mol. The van der Waals surface area contributed by atoms with Crippen molar-refractivity contribution >= 4 is 5.83 Å². The van der Waals surface area contributed by atoms with E-state index in [1.54, 1.807) is 0 Å². The predicted octanol–water partition coefficient (Wildman–Crippen LogP) is 11.9. The van der Waals surface area contributed by atoms with E-state index in [-0.39, 0.29) is 40.8 Å². The lowest BCUT2D eigenvalue weighted by Gasteiger charge is -2.19. The summed E-state index contributed by atoms with van der Waals surface area (Å²) in [5.41, 5.74) is -3.67. The Balaban J connectivity index is 1.54. The number of hydrogen-bond acceptors (Lipinski definition) is 1. The molecule has 4 aromatic rings. The Morgan fingerprint density at radius 2 is 1.18 bits per heavy atom. The Morgan fingerprint density at radius 1 is 0.644 bits per heavy atom. The summed E-state index contributed by atoms with van der Waals surface area (Å²) in [6, 6.07) is 10.3. The van der Waals surface area contributed by atoms with E-state index in [1.807, 2.05) is 6.92 Å². The molecule has 0 fully saturated rings. The maximum atomic E-state index is 15.1. The van der Waals surface area contributed by atoms with Gasteiger partial charge in [0.25, 0.3) is 0 Å². The number of allylic oxidation sites excluding steroid dienone is 1. The van der Waals surface area contributed by atoms with Crippen LogP contribution in [-0.2, 0) is 12.3 Å². The fourth-order valence-electron chi connectivity index (χ4n) is 4.54. The van der Waals surface area contributed by atoms with Crippen LogP contribution in [0.2, 0.25) is 0 Å². The first kappa shape index (κ1) is 33.5. The third kappa shape index (κ3) is 7.66. The van der Waals surface area contributed by atoms with Crippen molar-refractivity contribution < 1.29 is 53.0 Å². The first-order valence-electron chi connectivity index (χ1n) is 13.5. The molecule has 0 saturated heterocycles. The SMILES string of the molecule is CCCCC/C(F)=C(\F)c1ccc(-c2cc(F)c(-c3ccc(C(F)(F)Oc4cc(F)c(C(F)(F)F)c(F)c4)cc3)c(F)c2)cc1. The van der Waals surface area contributed by atoms with Gasteiger partial charge in [-0.3, -0.25) is 0 Å². The van der Waals surface area contributed by atoms with Gasteiger partial charge in [-0.2, -0.15) is 22.0 Å². The summed E-state index contributed by atoms with van der Waals surface area (Å²) in [4.78, 5) is 0. The van der Waals surface area contributed by atoms with Crippen LogP contribution < -0.4 is 4.74 Å². The minimum atomic E-state index is -5.41. The van der Waals surface area contributed by atoms with E-state index in [0.717, 1.165) is 37.1 Å². The van der Waals surface area contributed by atoms with Crippen molar-refractivity contribution in [1.82, 2.24) is 0 Å². The summed E-state index contributed by atoms with van der Waals surface area (Å²) in [7, 11) is 0. The molecule has 0 atom stereocenters. The lowest BCUT2D eigenvalue weighted by Crippen LogP contribution is -2.22. The average Bonchev–Trinajstić information content (AvgIpc) is 2.95. The molecule has 45 heavy (non-hydrogen) atoms. The Hall–Kier alpha value is -4.35. The molecular weight excluding hydrogens is 621 g/mol. The van der Waals surface area contributed by atoms with Gasteiger partial charge in [0.1, 0.15) is 40.4 Å². The van der Waals surface area contributed by atoms with E-state index in [2.05, 4.69) is 4.74 Å². The summed E-state index contributed by atoms with van der Waals surface area (Å²) in [5, 5.41) is 0. The molecule has 0 N–H and O–H groups in total. The van der Waals surface area contributed by atoms with E-state index in [1.165, 1.54) is 24.3 Å². The number of halogens is 11. The maximum Gasteiger partial charge on any atom is 0.426 e. The van der Waals surface area contributed by atoms with Crippen LogP contribution >= 0.6 is 0 Å². The highest BCUT2D eigenvalue weighted by Gasteiger charge is 2.40. The fraction of sp³-hybridized carbons (Fsp3) is 0.212. The molecule has 1 nitrogen and oxygen atoms in total. The molecule has 0 radical (unpaired) electrons. The van der Waals surface area contributed by atoms with Gasteiger partial charge < -0.3 is 4.74 Å². The molecule has 238 valence electrons. The van der Waals surface area contributed by atoms with Crippen molar-refractivity contribution in [3.8, 4) is 28.0 Å². The highest BCUT2D eigenvalue weighted by Crippen LogP contribution is 2.39. The Labute approximate surface area is 250 Å². The molecule has 0 bridgehead atoms. The van der Waals surface area contributed by atoms with E-state index < -0.39 is 69.6 Å². The fourth-order valence-corrected chi connectivity index (χ4v) is 4.54. The van der Waals surface area contributed by atoms with Gasteiger partial charge in [0, 0.05) is 24.1 Å². The highest BCUT2D eigenvalue weighted by atomic mass is 19.4. The van der Waals surface area contributed by atoms with Gasteiger partial charge in [-0.25, -0.2) is 26.3 Å². The molecule has 0 unspecified atom stereocenters. The molecule has 0 aliphatic heterocycles. The lowest BCUT2D eigenvalue weighted by atomic mass is 9.97. The summed E-state index contributed by atoms with van der Waals surface area (Å²) >= 11 is 0. The number of alkyl halides is 5. The van der Waals surface area contributed by atoms with E-state index in [0.29, 0.717) is 18.6 Å². The highest BCUT2D eigenvalue weighted by molar-refractivity contribution is 5.73. The first-order chi connectivity index (χ1) is 21.1. The van der Waals surface area contributed by atoms with E-state index >= 15 is 8.78 Å². The van der Waals surface area contributed by atoms with Crippen LogP contribution in [0.15, 0.2) is 78.6 Å². The van der Waals surface area contributed by atoms with E-state index in [9.17, 15) is 39.5 Å². The molecule has 0 aromatic heterocycles. The van der Waals surface area contributed by atoms with Gasteiger partial charge in [0.05, 0.1) is 11.1 Å². The molecule has 0 aliphatic carbocycles. The monoisotopic (exact) mass is 644 g/mol. The molecule has 0 amide bonds. The van der Waals surface area contributed by atoms with Gasteiger partial charge in [0.2, 0.25) is 0 Å². The molecule has 12 heteroatoms. The smallest absolute Gasteiger partial charge is 0.426 e. The van der Waals surface area contributed by atoms with Crippen LogP contribution in [-0.4, -0.2) is 0 Å². The standard InChI is InChI=1S/C33H23F11O/c1-2-3-4-5-24(34)31(39)20-8-6-18(7-9-20)21-14-25(35)29(26(36)15-21)19-10-12-22(13-11-19)33(43,44)45-23-16-27(37)30(28(38)17-23)32(40,41)42/h6-17H,2-5H2,1H3/b31-24+. The second-order valence-electron chi connectivity index (χ2n) is 10.0. The van der Waals surface area contributed by atoms with Gasteiger partial charge in [-0.15, -0.1) is 0 Å². The summed E-state index contributed by atoms with van der Waals surface area (Å²) in [5.74, 6) is -9.63. The van der Waals surface area contributed by atoms with Gasteiger partial charge in [0.15, 0.2) is 5.83 Å². The molecular formula is C33H23F11O. The predicted molar refractivity (Wildman–Crippen MR) is 146 cm³/mol. The number of hydrogen-bond donors (Lipinski definition) is 0. The number of ether oxygens (including phenoxy) is 1. The van der Waals surface area contributed by atoms with Gasteiger partial charge in [-0.1, -0.05) is 56.2 Å². The second-order valence-corrected chi connectivity index (χ2v) is 10.0. The summed E-state index contributed by atoms with van der Waals surface area (Å²) < 4.78 is 158. The van der Waals surface area contributed by atoms with Crippen molar-refractivity contribution in [1.29, 1.82) is 0 Å². The first-order valence-corrected chi connectivity index (χ1v) is 13.5. The minimum absolute atomic E-state index is 0.0419. The quantitative estimate of drug-likeness (QED) is 0.123. The third-order valence-electron chi connectivity index (χ3n) is 6.81. The largest absolute Gasteiger partial charge is 0.429 e. The van der Waals surface area contributed by atoms with Crippen LogP contribution in [0.1, 0.15) is 49.3 Å². The van der Waals surface area contributed by atoms with Crippen LogP contribution in [0.5, 0.6) is 5.75 Å².